The summed E-state index contributed by atoms with van der Waals surface area (Å²) in [4.78, 5) is 12.8. The Hall–Kier alpha value is -1.72. The largest absolute Gasteiger partial charge is 0.481 e. The summed E-state index contributed by atoms with van der Waals surface area (Å²) in [5.74, 6) is -2.33. The van der Waals surface area contributed by atoms with Crippen molar-refractivity contribution in [3.8, 4) is 0 Å². The second-order valence-corrected chi connectivity index (χ2v) is 4.17. The number of anilines is 1. The number of rotatable bonds is 2. The van der Waals surface area contributed by atoms with Crippen molar-refractivity contribution in [2.75, 3.05) is 18.0 Å². The number of carboxylic acids is 1. The average Bonchev–Trinajstić information content (AvgIpc) is 2.66. The molecule has 1 N–H and O–H groups in total. The molecule has 6 heteroatoms. The first-order valence-electron chi connectivity index (χ1n) is 5.54. The van der Waals surface area contributed by atoms with Crippen LogP contribution in [-0.4, -0.2) is 24.2 Å². The molecule has 98 valence electrons. The molecule has 1 aliphatic rings. The van der Waals surface area contributed by atoms with Crippen LogP contribution in [0.2, 0.25) is 0 Å². The molecule has 0 spiro atoms. The smallest absolute Gasteiger partial charge is 0.416 e. The molecule has 1 aliphatic heterocycles. The Morgan fingerprint density at radius 3 is 2.67 bits per heavy atom. The normalized spacial score (nSPS) is 18.9. The molecule has 2 rings (SSSR count). The summed E-state index contributed by atoms with van der Waals surface area (Å²) in [6, 6.07) is 3.79. The molecule has 0 aliphatic carbocycles. The van der Waals surface area contributed by atoms with Gasteiger partial charge in [-0.15, -0.1) is 0 Å². The third kappa shape index (κ3) is 1.91. The highest BCUT2D eigenvalue weighted by atomic mass is 19.4. The fourth-order valence-corrected chi connectivity index (χ4v) is 2.35. The summed E-state index contributed by atoms with van der Waals surface area (Å²) < 4.78 is 38.7. The molecule has 1 atom stereocenters. The molecule has 1 heterocycles. The highest BCUT2D eigenvalue weighted by molar-refractivity contribution is 5.84. The summed E-state index contributed by atoms with van der Waals surface area (Å²) in [5.41, 5.74) is -0.581. The van der Waals surface area contributed by atoms with Gasteiger partial charge < -0.3 is 10.0 Å². The van der Waals surface area contributed by atoms with Crippen molar-refractivity contribution in [1.82, 2.24) is 0 Å². The molecule has 18 heavy (non-hydrogen) atoms. The van der Waals surface area contributed by atoms with Gasteiger partial charge in [-0.1, -0.05) is 6.07 Å². The van der Waals surface area contributed by atoms with Gasteiger partial charge in [0.1, 0.15) is 5.92 Å². The Bertz CT molecular complexity index is 485. The van der Waals surface area contributed by atoms with Crippen LogP contribution in [0.3, 0.4) is 0 Å². The molecular weight excluding hydrogens is 247 g/mol. The van der Waals surface area contributed by atoms with Gasteiger partial charge >= 0.3 is 12.1 Å². The Morgan fingerprint density at radius 1 is 1.50 bits per heavy atom. The van der Waals surface area contributed by atoms with Gasteiger partial charge in [0.25, 0.3) is 0 Å². The standard InChI is InChI=1S/C12H12F3NO2/c1-2-16-6-7(11(17)18)10-8(12(13,14)15)4-3-5-9(10)16/h3-5,7H,2,6H2,1H3,(H,17,18). The van der Waals surface area contributed by atoms with E-state index in [4.69, 9.17) is 5.11 Å². The zero-order valence-corrected chi connectivity index (χ0v) is 9.66. The third-order valence-electron chi connectivity index (χ3n) is 3.16. The zero-order valence-electron chi connectivity index (χ0n) is 9.66. The van der Waals surface area contributed by atoms with Crippen LogP contribution in [0.25, 0.3) is 0 Å². The molecule has 0 saturated carbocycles. The van der Waals surface area contributed by atoms with E-state index in [0.717, 1.165) is 6.07 Å². The van der Waals surface area contributed by atoms with Crippen molar-refractivity contribution in [1.29, 1.82) is 0 Å². The minimum absolute atomic E-state index is 0.0915. The van der Waals surface area contributed by atoms with E-state index in [2.05, 4.69) is 0 Å². The number of hydrogen-bond acceptors (Lipinski definition) is 2. The number of likely N-dealkylation sites (N-methyl/N-ethyl adjacent to an activating group) is 1. The van der Waals surface area contributed by atoms with E-state index in [1.165, 1.54) is 12.1 Å². The number of nitrogens with zero attached hydrogens (tertiary/aromatic N) is 1. The molecule has 1 aromatic rings. The molecular formula is C12H12F3NO2. The molecule has 0 saturated heterocycles. The number of aliphatic carboxylic acids is 1. The van der Waals surface area contributed by atoms with Crippen molar-refractivity contribution >= 4 is 11.7 Å². The molecule has 0 aromatic heterocycles. The molecule has 1 aromatic carbocycles. The second-order valence-electron chi connectivity index (χ2n) is 4.17. The Labute approximate surface area is 102 Å². The first-order chi connectivity index (χ1) is 8.36. The quantitative estimate of drug-likeness (QED) is 0.887. The number of alkyl halides is 3. The number of carbonyl (C=O) groups is 1. The number of carboxylic acid groups (broad SMARTS) is 1. The van der Waals surface area contributed by atoms with E-state index >= 15 is 0 Å². The lowest BCUT2D eigenvalue weighted by molar-refractivity contribution is -0.141. The summed E-state index contributed by atoms with van der Waals surface area (Å²) >= 11 is 0. The summed E-state index contributed by atoms with van der Waals surface area (Å²) in [6.45, 7) is 2.36. The third-order valence-corrected chi connectivity index (χ3v) is 3.16. The van der Waals surface area contributed by atoms with E-state index < -0.39 is 23.6 Å². The van der Waals surface area contributed by atoms with Crippen LogP contribution in [0, 0.1) is 0 Å². The van der Waals surface area contributed by atoms with Crippen molar-refractivity contribution in [2.24, 2.45) is 0 Å². The lowest BCUT2D eigenvalue weighted by Gasteiger charge is -2.17. The van der Waals surface area contributed by atoms with Gasteiger partial charge in [-0.05, 0) is 19.1 Å². The number of fused-ring (bicyclic) bond motifs is 1. The van der Waals surface area contributed by atoms with Gasteiger partial charge in [0, 0.05) is 24.3 Å². The second kappa shape index (κ2) is 4.19. The summed E-state index contributed by atoms with van der Waals surface area (Å²) in [7, 11) is 0. The van der Waals surface area contributed by atoms with Crippen LogP contribution < -0.4 is 4.90 Å². The number of halogens is 3. The van der Waals surface area contributed by atoms with Crippen LogP contribution in [0.5, 0.6) is 0 Å². The van der Waals surface area contributed by atoms with Gasteiger partial charge in [0.2, 0.25) is 0 Å². The van der Waals surface area contributed by atoms with Gasteiger partial charge in [-0.25, -0.2) is 0 Å². The first-order valence-corrected chi connectivity index (χ1v) is 5.54. The Kier molecular flexibility index (Phi) is 2.96. The topological polar surface area (TPSA) is 40.5 Å². The molecule has 0 radical (unpaired) electrons. The lowest BCUT2D eigenvalue weighted by atomic mass is 9.95. The van der Waals surface area contributed by atoms with Crippen molar-refractivity contribution in [2.45, 2.75) is 19.0 Å². The average molecular weight is 259 g/mol. The van der Waals surface area contributed by atoms with Gasteiger partial charge in [0.05, 0.1) is 5.56 Å². The van der Waals surface area contributed by atoms with E-state index in [0.29, 0.717) is 12.2 Å². The van der Waals surface area contributed by atoms with E-state index in [9.17, 15) is 18.0 Å². The molecule has 1 unspecified atom stereocenters. The lowest BCUT2D eigenvalue weighted by Crippen LogP contribution is -2.24. The van der Waals surface area contributed by atoms with Crippen molar-refractivity contribution < 1.29 is 23.1 Å². The van der Waals surface area contributed by atoms with E-state index in [-0.39, 0.29) is 12.1 Å². The van der Waals surface area contributed by atoms with E-state index in [1.54, 1.807) is 11.8 Å². The van der Waals surface area contributed by atoms with Crippen LogP contribution in [0.4, 0.5) is 18.9 Å². The summed E-state index contributed by atoms with van der Waals surface area (Å²) in [5, 5.41) is 9.07. The van der Waals surface area contributed by atoms with E-state index in [1.807, 2.05) is 0 Å². The first kappa shape index (κ1) is 12.7. The summed E-state index contributed by atoms with van der Waals surface area (Å²) in [6.07, 6.45) is -4.53. The SMILES string of the molecule is CCN1CC(C(=O)O)c2c1cccc2C(F)(F)F. The molecule has 0 fully saturated rings. The Balaban J connectivity index is 2.62. The fourth-order valence-electron chi connectivity index (χ4n) is 2.35. The minimum atomic E-state index is -4.53. The maximum atomic E-state index is 12.9. The predicted octanol–water partition coefficient (Wildman–Crippen LogP) is 2.71. The van der Waals surface area contributed by atoms with Crippen molar-refractivity contribution in [3.63, 3.8) is 0 Å². The monoisotopic (exact) mass is 259 g/mol. The Morgan fingerprint density at radius 2 is 2.17 bits per heavy atom. The van der Waals surface area contributed by atoms with Crippen LogP contribution in [0.1, 0.15) is 24.0 Å². The van der Waals surface area contributed by atoms with Crippen LogP contribution in [0.15, 0.2) is 18.2 Å². The van der Waals surface area contributed by atoms with Crippen LogP contribution >= 0.6 is 0 Å². The fraction of sp³-hybridized carbons (Fsp3) is 0.417. The molecule has 3 nitrogen and oxygen atoms in total. The maximum Gasteiger partial charge on any atom is 0.416 e. The highest BCUT2D eigenvalue weighted by Crippen LogP contribution is 2.44. The van der Waals surface area contributed by atoms with Crippen molar-refractivity contribution in [3.05, 3.63) is 29.3 Å². The highest BCUT2D eigenvalue weighted by Gasteiger charge is 2.42. The number of hydrogen-bond donors (Lipinski definition) is 1. The van der Waals surface area contributed by atoms with Gasteiger partial charge in [-0.3, -0.25) is 4.79 Å². The molecule has 0 bridgehead atoms. The zero-order chi connectivity index (χ0) is 13.5. The maximum absolute atomic E-state index is 12.9. The predicted molar refractivity (Wildman–Crippen MR) is 59.7 cm³/mol. The van der Waals surface area contributed by atoms with Gasteiger partial charge in [-0.2, -0.15) is 13.2 Å². The van der Waals surface area contributed by atoms with Crippen LogP contribution in [-0.2, 0) is 11.0 Å². The minimum Gasteiger partial charge on any atom is -0.481 e. The molecule has 0 amide bonds. The van der Waals surface area contributed by atoms with Gasteiger partial charge in [0.15, 0.2) is 0 Å². The number of benzene rings is 1.